The van der Waals surface area contributed by atoms with Crippen LogP contribution in [0.2, 0.25) is 0 Å². The van der Waals surface area contributed by atoms with Gasteiger partial charge in [-0.2, -0.15) is 0 Å². The van der Waals surface area contributed by atoms with Crippen LogP contribution in [-0.2, 0) is 19.1 Å². The van der Waals surface area contributed by atoms with Crippen molar-refractivity contribution in [2.24, 2.45) is 0 Å². The van der Waals surface area contributed by atoms with Gasteiger partial charge in [0.2, 0.25) is 0 Å². The molecule has 1 saturated carbocycles. The van der Waals surface area contributed by atoms with E-state index in [2.05, 4.69) is 10.6 Å². The number of esters is 1. The maximum Gasteiger partial charge on any atom is 0.310 e. The molecule has 134 valence electrons. The molecule has 0 radical (unpaired) electrons. The molecular weight excluding hydrogens is 324 g/mol. The summed E-state index contributed by atoms with van der Waals surface area (Å²) >= 11 is 0. The molecule has 1 aromatic rings. The monoisotopic (exact) mass is 346 g/mol. The number of carbonyl (C=O) groups excluding carboxylic acids is 3. The lowest BCUT2D eigenvalue weighted by Gasteiger charge is -2.25. The topological polar surface area (TPSA) is 93.7 Å². The van der Waals surface area contributed by atoms with Crippen LogP contribution in [0.25, 0.3) is 0 Å². The first-order valence-electron chi connectivity index (χ1n) is 8.59. The summed E-state index contributed by atoms with van der Waals surface area (Å²) in [5.74, 6) is -0.848. The van der Waals surface area contributed by atoms with Crippen LogP contribution in [0.3, 0.4) is 0 Å². The normalized spacial score (nSPS) is 20.8. The van der Waals surface area contributed by atoms with Crippen LogP contribution < -0.4 is 15.4 Å². The van der Waals surface area contributed by atoms with Crippen molar-refractivity contribution < 1.29 is 23.9 Å². The number of carbonyl (C=O) groups is 3. The van der Waals surface area contributed by atoms with Gasteiger partial charge in [0.25, 0.3) is 11.8 Å². The molecule has 1 aromatic carbocycles. The smallest absolute Gasteiger partial charge is 0.310 e. The Labute approximate surface area is 146 Å². The van der Waals surface area contributed by atoms with Crippen molar-refractivity contribution in [1.82, 2.24) is 5.32 Å². The Morgan fingerprint density at radius 1 is 1.32 bits per heavy atom. The first kappa shape index (κ1) is 17.3. The number of amides is 2. The van der Waals surface area contributed by atoms with Crippen molar-refractivity contribution in [2.75, 3.05) is 5.32 Å². The van der Waals surface area contributed by atoms with E-state index in [1.165, 1.54) is 6.92 Å². The van der Waals surface area contributed by atoms with Gasteiger partial charge in [-0.25, -0.2) is 0 Å². The lowest BCUT2D eigenvalue weighted by molar-refractivity contribution is -0.157. The van der Waals surface area contributed by atoms with Crippen molar-refractivity contribution in [3.63, 3.8) is 0 Å². The average Bonchev–Trinajstić information content (AvgIpc) is 3.08. The highest BCUT2D eigenvalue weighted by Crippen LogP contribution is 2.29. The molecule has 1 heterocycles. The Balaban J connectivity index is 1.50. The van der Waals surface area contributed by atoms with E-state index >= 15 is 0 Å². The first-order chi connectivity index (χ1) is 12.0. The Morgan fingerprint density at radius 3 is 2.80 bits per heavy atom. The highest BCUT2D eigenvalue weighted by Gasteiger charge is 2.31. The number of para-hydroxylation sites is 2. The van der Waals surface area contributed by atoms with Crippen molar-refractivity contribution in [3.8, 4) is 5.75 Å². The van der Waals surface area contributed by atoms with E-state index in [9.17, 15) is 14.4 Å². The minimum Gasteiger partial charge on any atom is -0.478 e. The summed E-state index contributed by atoms with van der Waals surface area (Å²) in [4.78, 5) is 36.1. The van der Waals surface area contributed by atoms with Gasteiger partial charge in [-0.05, 0) is 31.9 Å². The van der Waals surface area contributed by atoms with Gasteiger partial charge in [0.1, 0.15) is 5.75 Å². The quantitative estimate of drug-likeness (QED) is 0.793. The average molecular weight is 346 g/mol. The second-order valence-corrected chi connectivity index (χ2v) is 6.42. The molecule has 3 rings (SSSR count). The van der Waals surface area contributed by atoms with Gasteiger partial charge in [0.05, 0.1) is 12.1 Å². The molecule has 25 heavy (non-hydrogen) atoms. The number of nitrogens with one attached hydrogen (secondary N) is 2. The summed E-state index contributed by atoms with van der Waals surface area (Å²) in [6, 6.07) is 7.16. The van der Waals surface area contributed by atoms with E-state index in [1.54, 1.807) is 24.3 Å². The van der Waals surface area contributed by atoms with E-state index < -0.39 is 24.1 Å². The summed E-state index contributed by atoms with van der Waals surface area (Å²) < 4.78 is 10.7. The Kier molecular flexibility index (Phi) is 5.21. The molecule has 2 aliphatic rings. The summed E-state index contributed by atoms with van der Waals surface area (Å²) in [7, 11) is 0. The van der Waals surface area contributed by atoms with Crippen LogP contribution in [0.1, 0.15) is 39.0 Å². The fraction of sp³-hybridized carbons (Fsp3) is 0.500. The van der Waals surface area contributed by atoms with Crippen molar-refractivity contribution in [1.29, 1.82) is 0 Å². The molecular formula is C18H22N2O5. The third-order valence-electron chi connectivity index (χ3n) is 4.44. The van der Waals surface area contributed by atoms with Crippen LogP contribution in [0.4, 0.5) is 5.69 Å². The van der Waals surface area contributed by atoms with Crippen LogP contribution >= 0.6 is 0 Å². The van der Waals surface area contributed by atoms with E-state index in [0.717, 1.165) is 25.7 Å². The van der Waals surface area contributed by atoms with Gasteiger partial charge in [-0.1, -0.05) is 25.0 Å². The molecule has 7 nitrogen and oxygen atoms in total. The van der Waals surface area contributed by atoms with Gasteiger partial charge < -0.3 is 20.1 Å². The fourth-order valence-corrected chi connectivity index (χ4v) is 3.07. The molecule has 7 heteroatoms. The predicted octanol–water partition coefficient (Wildman–Crippen LogP) is 1.77. The molecule has 0 unspecified atom stereocenters. The largest absolute Gasteiger partial charge is 0.478 e. The zero-order valence-electron chi connectivity index (χ0n) is 14.1. The predicted molar refractivity (Wildman–Crippen MR) is 90.1 cm³/mol. The molecule has 2 N–H and O–H groups in total. The second-order valence-electron chi connectivity index (χ2n) is 6.42. The van der Waals surface area contributed by atoms with Crippen molar-refractivity contribution >= 4 is 23.5 Å². The number of rotatable bonds is 5. The van der Waals surface area contributed by atoms with E-state index in [1.807, 2.05) is 0 Å². The van der Waals surface area contributed by atoms with Gasteiger partial charge >= 0.3 is 5.97 Å². The third-order valence-corrected chi connectivity index (χ3v) is 4.44. The molecule has 0 aromatic heterocycles. The summed E-state index contributed by atoms with van der Waals surface area (Å²) in [6.45, 7) is 1.53. The van der Waals surface area contributed by atoms with Crippen molar-refractivity contribution in [2.45, 2.75) is 57.3 Å². The molecule has 0 saturated heterocycles. The molecule has 1 aliphatic heterocycles. The van der Waals surface area contributed by atoms with Crippen LogP contribution in [-0.4, -0.2) is 36.0 Å². The Bertz CT molecular complexity index is 669. The number of ether oxygens (including phenoxy) is 2. The zero-order valence-corrected chi connectivity index (χ0v) is 14.1. The zero-order chi connectivity index (χ0) is 17.8. The van der Waals surface area contributed by atoms with Crippen LogP contribution in [0.15, 0.2) is 24.3 Å². The highest BCUT2D eigenvalue weighted by molar-refractivity contribution is 5.99. The lowest BCUT2D eigenvalue weighted by Crippen LogP contribution is -2.42. The van der Waals surface area contributed by atoms with E-state index in [0.29, 0.717) is 11.4 Å². The minimum atomic E-state index is -0.965. The summed E-state index contributed by atoms with van der Waals surface area (Å²) in [6.07, 6.45) is 2.02. The number of hydrogen-bond acceptors (Lipinski definition) is 5. The molecule has 1 aliphatic carbocycles. The fourth-order valence-electron chi connectivity index (χ4n) is 3.07. The van der Waals surface area contributed by atoms with Crippen LogP contribution in [0.5, 0.6) is 5.75 Å². The highest BCUT2D eigenvalue weighted by atomic mass is 16.6. The van der Waals surface area contributed by atoms with Gasteiger partial charge in [0, 0.05) is 6.04 Å². The van der Waals surface area contributed by atoms with Crippen LogP contribution in [0, 0.1) is 0 Å². The standard InChI is InChI=1S/C18H22N2O5/c1-11(17(22)19-12-6-2-3-7-12)24-16(21)10-15-18(23)20-13-8-4-5-9-14(13)25-15/h4-5,8-9,11-12,15H,2-3,6-7,10H2,1H3,(H,19,22)(H,20,23)/t11-,15-/m1/s1. The molecule has 2 amide bonds. The molecule has 1 fully saturated rings. The van der Waals surface area contributed by atoms with Gasteiger partial charge in [0.15, 0.2) is 12.2 Å². The lowest BCUT2D eigenvalue weighted by atomic mass is 10.1. The first-order valence-corrected chi connectivity index (χ1v) is 8.59. The molecule has 2 atom stereocenters. The van der Waals surface area contributed by atoms with Gasteiger partial charge in [-0.3, -0.25) is 14.4 Å². The van der Waals surface area contributed by atoms with E-state index in [4.69, 9.17) is 9.47 Å². The Hall–Kier alpha value is -2.57. The second kappa shape index (κ2) is 7.55. The van der Waals surface area contributed by atoms with Gasteiger partial charge in [-0.15, -0.1) is 0 Å². The SMILES string of the molecule is C[C@@H](OC(=O)C[C@H]1Oc2ccccc2NC1=O)C(=O)NC1CCCC1. The minimum absolute atomic E-state index is 0.164. The van der Waals surface area contributed by atoms with Crippen molar-refractivity contribution in [3.05, 3.63) is 24.3 Å². The summed E-state index contributed by atoms with van der Waals surface area (Å²) in [5, 5.41) is 5.57. The Morgan fingerprint density at radius 2 is 2.04 bits per heavy atom. The summed E-state index contributed by atoms with van der Waals surface area (Å²) in [5.41, 5.74) is 0.571. The molecule has 0 spiro atoms. The number of fused-ring (bicyclic) bond motifs is 1. The number of anilines is 1. The van der Waals surface area contributed by atoms with E-state index in [-0.39, 0.29) is 18.4 Å². The maximum atomic E-state index is 12.1. The molecule has 0 bridgehead atoms. The third kappa shape index (κ3) is 4.29. The maximum absolute atomic E-state index is 12.1. The number of benzene rings is 1. The number of hydrogen-bond donors (Lipinski definition) is 2.